The molecule has 1 saturated carbocycles. The van der Waals surface area contributed by atoms with Crippen molar-refractivity contribution < 1.29 is 34.4 Å². The van der Waals surface area contributed by atoms with Crippen LogP contribution in [0.1, 0.15) is 55.9 Å². The number of carbonyl (C=O) groups is 2. The Morgan fingerprint density at radius 3 is 2.33 bits per heavy atom. The minimum absolute atomic E-state index is 0.00983. The largest absolute Gasteiger partial charge is 0.508 e. The summed E-state index contributed by atoms with van der Waals surface area (Å²) in [6.07, 6.45) is 2.21. The van der Waals surface area contributed by atoms with Crippen molar-refractivity contribution in [3.8, 4) is 17.2 Å². The summed E-state index contributed by atoms with van der Waals surface area (Å²) in [5, 5.41) is 38.1. The molecule has 2 aliphatic rings. The highest BCUT2D eigenvalue weighted by Gasteiger charge is 2.65. The lowest BCUT2D eigenvalue weighted by Crippen LogP contribution is -2.72. The number of amides is 1. The summed E-state index contributed by atoms with van der Waals surface area (Å²) in [6, 6.07) is 17.5. The third-order valence-electron chi connectivity index (χ3n) is 11.0. The first-order chi connectivity index (χ1) is 22.8. The quantitative estimate of drug-likeness (QED) is 0.152. The number of nitrogens with zero attached hydrogens (tertiary/aromatic N) is 1. The van der Waals surface area contributed by atoms with Crippen molar-refractivity contribution in [3.63, 3.8) is 0 Å². The zero-order chi connectivity index (χ0) is 34.8. The van der Waals surface area contributed by atoms with E-state index in [2.05, 4.69) is 29.4 Å². The van der Waals surface area contributed by atoms with Gasteiger partial charge < -0.3 is 40.3 Å². The van der Waals surface area contributed by atoms with Gasteiger partial charge in [0.05, 0.1) is 11.6 Å². The van der Waals surface area contributed by atoms with E-state index in [0.717, 1.165) is 16.7 Å². The fourth-order valence-electron chi connectivity index (χ4n) is 8.23. The number of hydrogen-bond donors (Lipinski definition) is 5. The Bertz CT molecular complexity index is 1600. The van der Waals surface area contributed by atoms with Crippen LogP contribution >= 0.6 is 0 Å². The number of hydrogen-bond acceptors (Lipinski definition) is 9. The van der Waals surface area contributed by atoms with E-state index in [1.165, 1.54) is 0 Å². The van der Waals surface area contributed by atoms with Gasteiger partial charge in [-0.1, -0.05) is 62.4 Å². The summed E-state index contributed by atoms with van der Waals surface area (Å²) in [7, 11) is 5.80. The average Bonchev–Trinajstić information content (AvgIpc) is 3.07. The van der Waals surface area contributed by atoms with Gasteiger partial charge in [-0.2, -0.15) is 0 Å². The number of carbonyl (C=O) groups excluding carboxylic acids is 2. The van der Waals surface area contributed by atoms with Crippen LogP contribution in [0.5, 0.6) is 17.2 Å². The number of nitrogens with one attached hydrogen (secondary N) is 2. The fourth-order valence-corrected chi connectivity index (χ4v) is 8.23. The van der Waals surface area contributed by atoms with Gasteiger partial charge in [-0.05, 0) is 81.1 Å². The van der Waals surface area contributed by atoms with Crippen LogP contribution in [0.2, 0.25) is 0 Å². The maximum Gasteiger partial charge on any atom is 0.329 e. The van der Waals surface area contributed by atoms with Crippen LogP contribution in [-0.4, -0.2) is 83.1 Å². The number of esters is 1. The molecule has 5 rings (SSSR count). The first kappa shape index (κ1) is 35.2. The molecule has 3 unspecified atom stereocenters. The van der Waals surface area contributed by atoms with Crippen molar-refractivity contribution in [3.05, 3.63) is 89.0 Å². The summed E-state index contributed by atoms with van der Waals surface area (Å²) >= 11 is 0. The molecule has 10 nitrogen and oxygen atoms in total. The molecule has 5 N–H and O–H groups in total. The zero-order valence-corrected chi connectivity index (χ0v) is 28.7. The summed E-state index contributed by atoms with van der Waals surface area (Å²) in [4.78, 5) is 29.3. The number of phenolic OH excluding ortho intramolecular Hbond substituents is 3. The molecule has 48 heavy (non-hydrogen) atoms. The van der Waals surface area contributed by atoms with E-state index in [9.17, 15) is 24.9 Å². The molecule has 0 spiro atoms. The number of benzene rings is 3. The lowest BCUT2D eigenvalue weighted by molar-refractivity contribution is -0.169. The van der Waals surface area contributed by atoms with E-state index in [0.29, 0.717) is 24.8 Å². The van der Waals surface area contributed by atoms with E-state index in [1.807, 2.05) is 50.5 Å². The van der Waals surface area contributed by atoms with Gasteiger partial charge in [0.1, 0.15) is 18.4 Å². The molecular formula is C38H49N3O7. The van der Waals surface area contributed by atoms with E-state index in [4.69, 9.17) is 9.47 Å². The number of fused-ring (bicyclic) bond motifs is 3. The number of ether oxygens (including phenoxy) is 2. The van der Waals surface area contributed by atoms with Crippen molar-refractivity contribution in [2.24, 2.45) is 5.92 Å². The van der Waals surface area contributed by atoms with Crippen LogP contribution in [0.25, 0.3) is 0 Å². The van der Waals surface area contributed by atoms with Crippen LogP contribution in [0.4, 0.5) is 0 Å². The molecule has 3 aromatic rings. The minimum Gasteiger partial charge on any atom is -0.508 e. The highest BCUT2D eigenvalue weighted by Crippen LogP contribution is 2.60. The average molecular weight is 660 g/mol. The third-order valence-corrected chi connectivity index (χ3v) is 11.0. The van der Waals surface area contributed by atoms with Gasteiger partial charge in [0.25, 0.3) is 0 Å². The Labute approximate surface area is 283 Å². The maximum atomic E-state index is 13.8. The Morgan fingerprint density at radius 2 is 1.69 bits per heavy atom. The molecule has 0 radical (unpaired) electrons. The predicted molar refractivity (Wildman–Crippen MR) is 183 cm³/mol. The van der Waals surface area contributed by atoms with Crippen LogP contribution in [0.15, 0.2) is 66.7 Å². The fraction of sp³-hybridized carbons (Fsp3) is 0.474. The number of rotatable bonds is 11. The normalized spacial score (nSPS) is 26.2. The molecule has 0 bridgehead atoms. The molecule has 0 aromatic heterocycles. The van der Waals surface area contributed by atoms with Gasteiger partial charge >= 0.3 is 5.97 Å². The van der Waals surface area contributed by atoms with Crippen LogP contribution < -0.4 is 10.6 Å². The number of likely N-dealkylation sites (N-methyl/N-ethyl adjacent to an activating group) is 1. The maximum absolute atomic E-state index is 13.8. The molecule has 258 valence electrons. The van der Waals surface area contributed by atoms with Gasteiger partial charge in [0.15, 0.2) is 11.5 Å². The highest BCUT2D eigenvalue weighted by molar-refractivity contribution is 5.87. The standard InChI is InChI=1S/C38H49N3O7/c1-23-29(18-19-38(47-6)32(41(4)5)21-27-14-17-31(43)34(44)33(27)37(23,38)3)39-24(2)35(45)40-30(20-25-12-15-28(42)16-13-25)36(46)48-22-26-10-8-7-9-11-26/h7-17,23-24,29-30,32,39,42-44H,18-22H2,1-6H3,(H,40,45)/t23-,24-,29?,30-,32?,37?,38+/m0/s1. The molecule has 1 amide bonds. The molecule has 7 atom stereocenters. The lowest BCUT2D eigenvalue weighted by Gasteiger charge is -2.63. The van der Waals surface area contributed by atoms with Crippen molar-refractivity contribution in [2.45, 2.75) is 88.2 Å². The van der Waals surface area contributed by atoms with Crippen molar-refractivity contribution in [1.82, 2.24) is 15.5 Å². The summed E-state index contributed by atoms with van der Waals surface area (Å²) in [5.74, 6) is -1.24. The van der Waals surface area contributed by atoms with Crippen molar-refractivity contribution in [2.75, 3.05) is 21.2 Å². The third kappa shape index (κ3) is 6.49. The Morgan fingerprint density at radius 1 is 1.00 bits per heavy atom. The summed E-state index contributed by atoms with van der Waals surface area (Å²) in [5.41, 5.74) is 1.84. The lowest BCUT2D eigenvalue weighted by atomic mass is 9.48. The minimum atomic E-state index is -0.955. The molecule has 1 fully saturated rings. The molecular weight excluding hydrogens is 610 g/mol. The number of methoxy groups -OCH3 is 1. The number of aromatic hydroxyl groups is 3. The van der Waals surface area contributed by atoms with Crippen LogP contribution in [0, 0.1) is 5.92 Å². The van der Waals surface area contributed by atoms with Gasteiger partial charge in [-0.3, -0.25) is 4.79 Å². The topological polar surface area (TPSA) is 141 Å². The highest BCUT2D eigenvalue weighted by atomic mass is 16.5. The monoisotopic (exact) mass is 659 g/mol. The predicted octanol–water partition coefficient (Wildman–Crippen LogP) is 4.18. The van der Waals surface area contributed by atoms with Gasteiger partial charge in [-0.15, -0.1) is 0 Å². The Hall–Kier alpha value is -4.12. The van der Waals surface area contributed by atoms with E-state index < -0.39 is 29.1 Å². The number of phenols is 3. The second kappa shape index (κ2) is 14.2. The second-order valence-electron chi connectivity index (χ2n) is 13.8. The smallest absolute Gasteiger partial charge is 0.329 e. The Kier molecular flexibility index (Phi) is 10.4. The first-order valence-corrected chi connectivity index (χ1v) is 16.6. The van der Waals surface area contributed by atoms with Gasteiger partial charge in [-0.25, -0.2) is 4.79 Å². The summed E-state index contributed by atoms with van der Waals surface area (Å²) in [6.45, 7) is 6.06. The first-order valence-electron chi connectivity index (χ1n) is 16.6. The van der Waals surface area contributed by atoms with Gasteiger partial charge in [0, 0.05) is 36.6 Å². The molecule has 2 aliphatic carbocycles. The van der Waals surface area contributed by atoms with Crippen molar-refractivity contribution >= 4 is 11.9 Å². The van der Waals surface area contributed by atoms with Gasteiger partial charge in [0.2, 0.25) is 5.91 Å². The zero-order valence-electron chi connectivity index (χ0n) is 28.7. The molecule has 0 saturated heterocycles. The van der Waals surface area contributed by atoms with E-state index >= 15 is 0 Å². The SMILES string of the molecule is CO[C@@]12CCC(N[C@@H](C)C(=O)N[C@@H](Cc3ccc(O)cc3)C(=O)OCc3ccccc3)[C@H](C)C1(C)c1c(ccc(O)c1O)CC2N(C)C. The molecule has 3 aromatic carbocycles. The molecule has 10 heteroatoms. The Balaban J connectivity index is 1.37. The van der Waals surface area contributed by atoms with E-state index in [-0.39, 0.29) is 54.2 Å². The molecule has 0 heterocycles. The van der Waals surface area contributed by atoms with Crippen LogP contribution in [-0.2, 0) is 43.9 Å². The molecule has 0 aliphatic heterocycles. The van der Waals surface area contributed by atoms with Crippen molar-refractivity contribution in [1.29, 1.82) is 0 Å². The summed E-state index contributed by atoms with van der Waals surface area (Å²) < 4.78 is 12.1. The van der Waals surface area contributed by atoms with E-state index in [1.54, 1.807) is 44.4 Å². The second-order valence-corrected chi connectivity index (χ2v) is 13.8. The van der Waals surface area contributed by atoms with Crippen LogP contribution in [0.3, 0.4) is 0 Å².